The number of unbranched alkanes of at least 4 members (excludes halogenated alkanes) is 27. The van der Waals surface area contributed by atoms with Crippen LogP contribution in [0, 0.1) is 0 Å². The summed E-state index contributed by atoms with van der Waals surface area (Å²) in [6.45, 7) is 6.36. The third-order valence-corrected chi connectivity index (χ3v) is 13.7. The van der Waals surface area contributed by atoms with E-state index in [0.29, 0.717) is 19.3 Å². The van der Waals surface area contributed by atoms with Crippen molar-refractivity contribution in [3.8, 4) is 0 Å². The summed E-state index contributed by atoms with van der Waals surface area (Å²) in [4.78, 5) is 38.0. The number of carbonyl (C=O) groups is 3. The monoisotopic (exact) mass is 1080 g/mol. The van der Waals surface area contributed by atoms with E-state index in [0.717, 1.165) is 128 Å². The largest absolute Gasteiger partial charge is 0.462 e. The van der Waals surface area contributed by atoms with Crippen LogP contribution < -0.4 is 0 Å². The highest BCUT2D eigenvalue weighted by molar-refractivity contribution is 5.71. The second-order valence-corrected chi connectivity index (χ2v) is 21.3. The summed E-state index contributed by atoms with van der Waals surface area (Å²) in [6.07, 6.45) is 91.0. The van der Waals surface area contributed by atoms with E-state index in [-0.39, 0.29) is 31.1 Å². The van der Waals surface area contributed by atoms with Gasteiger partial charge in [0.1, 0.15) is 13.2 Å². The lowest BCUT2D eigenvalue weighted by atomic mass is 10.0. The molecule has 78 heavy (non-hydrogen) atoms. The fraction of sp³-hybridized carbons (Fsp3) is 0.681. The van der Waals surface area contributed by atoms with E-state index in [2.05, 4.69) is 142 Å². The molecule has 0 aromatic heterocycles. The molecule has 0 spiro atoms. The van der Waals surface area contributed by atoms with Gasteiger partial charge < -0.3 is 14.2 Å². The lowest BCUT2D eigenvalue weighted by Crippen LogP contribution is -2.30. The lowest BCUT2D eigenvalue weighted by molar-refractivity contribution is -0.167. The van der Waals surface area contributed by atoms with Crippen LogP contribution >= 0.6 is 0 Å². The van der Waals surface area contributed by atoms with Crippen LogP contribution in [-0.4, -0.2) is 37.2 Å². The van der Waals surface area contributed by atoms with E-state index < -0.39 is 6.10 Å². The molecule has 0 saturated heterocycles. The average molecular weight is 1080 g/mol. The highest BCUT2D eigenvalue weighted by Gasteiger charge is 2.19. The van der Waals surface area contributed by atoms with E-state index in [1.165, 1.54) is 128 Å². The second-order valence-electron chi connectivity index (χ2n) is 21.3. The van der Waals surface area contributed by atoms with Crippen molar-refractivity contribution in [2.45, 2.75) is 303 Å². The summed E-state index contributed by atoms with van der Waals surface area (Å²) in [6, 6.07) is 0. The molecule has 0 radical (unpaired) electrons. The molecule has 0 heterocycles. The Morgan fingerprint density at radius 2 is 0.500 bits per heavy atom. The van der Waals surface area contributed by atoms with Gasteiger partial charge in [-0.15, -0.1) is 0 Å². The van der Waals surface area contributed by atoms with Crippen molar-refractivity contribution in [1.29, 1.82) is 0 Å². The maximum absolute atomic E-state index is 12.8. The molecular formula is C72H120O6. The number of carbonyl (C=O) groups excluding carboxylic acids is 3. The molecule has 0 bridgehead atoms. The van der Waals surface area contributed by atoms with Crippen LogP contribution in [0.25, 0.3) is 0 Å². The summed E-state index contributed by atoms with van der Waals surface area (Å²) < 4.78 is 16.8. The summed E-state index contributed by atoms with van der Waals surface area (Å²) in [5, 5.41) is 0. The van der Waals surface area contributed by atoms with Gasteiger partial charge in [-0.2, -0.15) is 0 Å². The molecule has 0 rings (SSSR count). The highest BCUT2D eigenvalue weighted by Crippen LogP contribution is 2.16. The van der Waals surface area contributed by atoms with Gasteiger partial charge in [-0.05, 0) is 109 Å². The van der Waals surface area contributed by atoms with Crippen molar-refractivity contribution in [3.63, 3.8) is 0 Å². The van der Waals surface area contributed by atoms with Crippen LogP contribution in [0.3, 0.4) is 0 Å². The Morgan fingerprint density at radius 3 is 0.782 bits per heavy atom. The molecule has 0 aromatic carbocycles. The maximum Gasteiger partial charge on any atom is 0.306 e. The molecule has 0 aliphatic heterocycles. The molecular weight excluding hydrogens is 961 g/mol. The molecule has 0 aliphatic carbocycles. The minimum atomic E-state index is -0.783. The Bertz CT molecular complexity index is 1620. The molecule has 1 atom stereocenters. The van der Waals surface area contributed by atoms with E-state index in [1.807, 2.05) is 0 Å². The van der Waals surface area contributed by atoms with Crippen molar-refractivity contribution in [1.82, 2.24) is 0 Å². The Labute approximate surface area is 482 Å². The number of hydrogen-bond donors (Lipinski definition) is 0. The van der Waals surface area contributed by atoms with Crippen LogP contribution in [0.5, 0.6) is 0 Å². The van der Waals surface area contributed by atoms with Gasteiger partial charge in [0.2, 0.25) is 0 Å². The van der Waals surface area contributed by atoms with Gasteiger partial charge in [0.15, 0.2) is 6.10 Å². The zero-order valence-corrected chi connectivity index (χ0v) is 50.9. The number of rotatable bonds is 58. The Kier molecular flexibility index (Phi) is 61.8. The number of esters is 3. The standard InChI is InChI=1S/C72H120O6/c1-4-7-10-13-16-18-20-22-24-26-28-30-32-33-34-35-36-37-38-39-41-42-44-46-48-50-52-54-56-59-62-65-71(74)77-68-69(67-76-70(73)64-61-58-15-12-9-6-3)78-72(75)66-63-60-57-55-53-51-49-47-45-43-40-31-29-27-25-23-21-19-17-14-11-8-5-2/h7-8,10-11,16-19,22-25,28-31,33-34,43,45,69H,4-6,9,12-15,20-21,26-27,32,35-42,44,46-68H2,1-3H3/b10-7-,11-8-,18-16-,19-17-,24-22-,25-23-,30-28-,31-29-,34-33-,45-43-. The fourth-order valence-corrected chi connectivity index (χ4v) is 8.91. The van der Waals surface area contributed by atoms with Crippen LogP contribution in [0.1, 0.15) is 297 Å². The number of ether oxygens (including phenoxy) is 3. The summed E-state index contributed by atoms with van der Waals surface area (Å²) >= 11 is 0. The summed E-state index contributed by atoms with van der Waals surface area (Å²) in [5.41, 5.74) is 0. The minimum absolute atomic E-state index is 0.0824. The first-order valence-electron chi connectivity index (χ1n) is 32.5. The molecule has 0 amide bonds. The Hall–Kier alpha value is -4.19. The molecule has 0 saturated carbocycles. The van der Waals surface area contributed by atoms with Crippen molar-refractivity contribution in [2.75, 3.05) is 13.2 Å². The third-order valence-electron chi connectivity index (χ3n) is 13.7. The van der Waals surface area contributed by atoms with Crippen LogP contribution in [-0.2, 0) is 28.6 Å². The maximum atomic E-state index is 12.8. The van der Waals surface area contributed by atoms with Gasteiger partial charge in [0.25, 0.3) is 0 Å². The minimum Gasteiger partial charge on any atom is -0.462 e. The van der Waals surface area contributed by atoms with Gasteiger partial charge in [0, 0.05) is 19.3 Å². The van der Waals surface area contributed by atoms with E-state index in [1.54, 1.807) is 0 Å². The van der Waals surface area contributed by atoms with E-state index in [9.17, 15) is 14.4 Å². The van der Waals surface area contributed by atoms with Crippen molar-refractivity contribution < 1.29 is 28.6 Å². The van der Waals surface area contributed by atoms with Gasteiger partial charge in [0.05, 0.1) is 0 Å². The van der Waals surface area contributed by atoms with Gasteiger partial charge in [-0.25, -0.2) is 0 Å². The first kappa shape index (κ1) is 73.8. The number of allylic oxidation sites excluding steroid dienone is 20. The first-order valence-corrected chi connectivity index (χ1v) is 32.5. The lowest BCUT2D eigenvalue weighted by Gasteiger charge is -2.18. The smallest absolute Gasteiger partial charge is 0.306 e. The average Bonchev–Trinajstić information content (AvgIpc) is 3.44. The second kappa shape index (κ2) is 65.3. The van der Waals surface area contributed by atoms with Gasteiger partial charge in [-0.1, -0.05) is 290 Å². The van der Waals surface area contributed by atoms with Crippen LogP contribution in [0.15, 0.2) is 122 Å². The predicted molar refractivity (Wildman–Crippen MR) is 339 cm³/mol. The SMILES string of the molecule is CC/C=C\C/C=C\C/C=C\C/C=C\C/C=C\CCCCCCCCCCCCCCCCCC(=O)OCC(COC(=O)CCCCCCCC)OC(=O)CCCCCCCCC/C=C\C/C=C\C/C=C\C/C=C\C/C=C\CC. The van der Waals surface area contributed by atoms with Crippen LogP contribution in [0.4, 0.5) is 0 Å². The molecule has 0 N–H and O–H groups in total. The third kappa shape index (κ3) is 62.7. The summed E-state index contributed by atoms with van der Waals surface area (Å²) in [5.74, 6) is -0.898. The van der Waals surface area contributed by atoms with E-state index in [4.69, 9.17) is 14.2 Å². The molecule has 6 heteroatoms. The number of hydrogen-bond acceptors (Lipinski definition) is 6. The normalized spacial score (nSPS) is 12.9. The van der Waals surface area contributed by atoms with Gasteiger partial charge >= 0.3 is 17.9 Å². The topological polar surface area (TPSA) is 78.9 Å². The molecule has 0 fully saturated rings. The highest BCUT2D eigenvalue weighted by atomic mass is 16.6. The van der Waals surface area contributed by atoms with Crippen molar-refractivity contribution in [2.24, 2.45) is 0 Å². The zero-order valence-electron chi connectivity index (χ0n) is 50.9. The van der Waals surface area contributed by atoms with Crippen molar-refractivity contribution >= 4 is 17.9 Å². The van der Waals surface area contributed by atoms with Gasteiger partial charge in [-0.3, -0.25) is 14.4 Å². The fourth-order valence-electron chi connectivity index (χ4n) is 8.91. The molecule has 6 nitrogen and oxygen atoms in total. The van der Waals surface area contributed by atoms with Crippen molar-refractivity contribution in [3.05, 3.63) is 122 Å². The Balaban J connectivity index is 4.08. The first-order chi connectivity index (χ1) is 38.5. The molecule has 1 unspecified atom stereocenters. The molecule has 444 valence electrons. The quantitative estimate of drug-likeness (QED) is 0.0261. The zero-order chi connectivity index (χ0) is 56.4. The summed E-state index contributed by atoms with van der Waals surface area (Å²) in [7, 11) is 0. The molecule has 0 aromatic rings. The molecule has 0 aliphatic rings. The van der Waals surface area contributed by atoms with Crippen LogP contribution in [0.2, 0.25) is 0 Å². The Morgan fingerprint density at radius 1 is 0.269 bits per heavy atom. The van der Waals surface area contributed by atoms with E-state index >= 15 is 0 Å². The predicted octanol–water partition coefficient (Wildman–Crippen LogP) is 22.4.